The van der Waals surface area contributed by atoms with Gasteiger partial charge in [0.2, 0.25) is 0 Å². The molecule has 1 saturated heterocycles. The number of rotatable bonds is 6. The highest BCUT2D eigenvalue weighted by Gasteiger charge is 2.21. The summed E-state index contributed by atoms with van der Waals surface area (Å²) in [5.41, 5.74) is 9.18. The number of nitrogens with zero attached hydrogens (tertiary/aromatic N) is 1. The van der Waals surface area contributed by atoms with Crippen LogP contribution in [0.15, 0.2) is 60.7 Å². The lowest BCUT2D eigenvalue weighted by molar-refractivity contribution is 0.201. The van der Waals surface area contributed by atoms with Gasteiger partial charge in [0, 0.05) is 12.6 Å². The number of piperidine rings is 1. The van der Waals surface area contributed by atoms with Crippen LogP contribution >= 0.6 is 0 Å². The molecule has 0 aliphatic carbocycles. The minimum atomic E-state index is 0.259. The maximum absolute atomic E-state index is 6.34. The van der Waals surface area contributed by atoms with E-state index in [1.807, 2.05) is 27.7 Å². The van der Waals surface area contributed by atoms with Crippen LogP contribution in [-0.4, -0.2) is 30.6 Å². The van der Waals surface area contributed by atoms with Crippen LogP contribution in [0.3, 0.4) is 0 Å². The van der Waals surface area contributed by atoms with Crippen molar-refractivity contribution in [3.8, 4) is 0 Å². The zero-order valence-corrected chi connectivity index (χ0v) is 17.9. The van der Waals surface area contributed by atoms with Crippen molar-refractivity contribution in [3.05, 3.63) is 71.8 Å². The molecule has 1 heterocycles. The Morgan fingerprint density at radius 3 is 2.15 bits per heavy atom. The first kappa shape index (κ1) is 23.4. The Hall–Kier alpha value is -1.64. The first-order chi connectivity index (χ1) is 13.3. The molecule has 1 fully saturated rings. The van der Waals surface area contributed by atoms with Gasteiger partial charge < -0.3 is 10.6 Å². The van der Waals surface area contributed by atoms with E-state index < -0.39 is 0 Å². The Morgan fingerprint density at radius 1 is 0.926 bits per heavy atom. The molecule has 27 heavy (non-hydrogen) atoms. The van der Waals surface area contributed by atoms with Crippen molar-refractivity contribution >= 4 is 0 Å². The molecule has 1 aliphatic rings. The highest BCUT2D eigenvalue weighted by molar-refractivity contribution is 5.20. The molecule has 0 saturated carbocycles. The van der Waals surface area contributed by atoms with Crippen LogP contribution in [0.4, 0.5) is 0 Å². The minimum absolute atomic E-state index is 0.259. The van der Waals surface area contributed by atoms with Crippen LogP contribution in [-0.2, 0) is 6.42 Å². The van der Waals surface area contributed by atoms with Crippen molar-refractivity contribution in [2.75, 3.05) is 19.6 Å². The summed E-state index contributed by atoms with van der Waals surface area (Å²) >= 11 is 0. The van der Waals surface area contributed by atoms with Gasteiger partial charge in [-0.2, -0.15) is 0 Å². The topological polar surface area (TPSA) is 29.3 Å². The molecule has 3 rings (SSSR count). The van der Waals surface area contributed by atoms with E-state index in [1.165, 1.54) is 37.1 Å². The predicted octanol–water partition coefficient (Wildman–Crippen LogP) is 5.88. The molecule has 2 heteroatoms. The van der Waals surface area contributed by atoms with Crippen LogP contribution < -0.4 is 5.73 Å². The summed E-state index contributed by atoms with van der Waals surface area (Å²) in [5.74, 6) is 0.690. The molecule has 1 aliphatic heterocycles. The molecule has 2 atom stereocenters. The second-order valence-corrected chi connectivity index (χ2v) is 6.79. The van der Waals surface area contributed by atoms with Crippen molar-refractivity contribution < 1.29 is 0 Å². The van der Waals surface area contributed by atoms with Gasteiger partial charge in [-0.25, -0.2) is 0 Å². The van der Waals surface area contributed by atoms with E-state index in [9.17, 15) is 0 Å². The number of likely N-dealkylation sites (tertiary alicyclic amines) is 1. The van der Waals surface area contributed by atoms with E-state index in [0.29, 0.717) is 5.92 Å². The van der Waals surface area contributed by atoms with Gasteiger partial charge in [-0.05, 0) is 55.8 Å². The van der Waals surface area contributed by atoms with Crippen molar-refractivity contribution in [2.45, 2.75) is 65.3 Å². The summed E-state index contributed by atoms with van der Waals surface area (Å²) in [4.78, 5) is 2.60. The number of benzene rings is 2. The quantitative estimate of drug-likeness (QED) is 0.690. The van der Waals surface area contributed by atoms with Crippen LogP contribution in [0.5, 0.6) is 0 Å². The van der Waals surface area contributed by atoms with E-state index in [1.54, 1.807) is 0 Å². The molecule has 0 spiro atoms. The molecule has 2 unspecified atom stereocenters. The molecule has 0 aromatic heterocycles. The lowest BCUT2D eigenvalue weighted by Gasteiger charge is -2.33. The van der Waals surface area contributed by atoms with Gasteiger partial charge >= 0.3 is 0 Å². The third kappa shape index (κ3) is 8.73. The second kappa shape index (κ2) is 14.4. The smallest absolute Gasteiger partial charge is 0.00914 e. The molecular formula is C25H40N2. The summed E-state index contributed by atoms with van der Waals surface area (Å²) in [6.45, 7) is 11.5. The van der Waals surface area contributed by atoms with Gasteiger partial charge in [0.15, 0.2) is 0 Å². The van der Waals surface area contributed by atoms with E-state index in [4.69, 9.17) is 5.73 Å². The fourth-order valence-corrected chi connectivity index (χ4v) is 3.62. The SMILES string of the molecule is CC.CC.NC(CCN1CCCC(c2ccccc2)C1)Cc1ccccc1. The molecule has 0 bridgehead atoms. The Bertz CT molecular complexity index is 567. The third-order valence-corrected chi connectivity index (χ3v) is 4.93. The molecule has 0 amide bonds. The largest absolute Gasteiger partial charge is 0.327 e. The van der Waals surface area contributed by atoms with Gasteiger partial charge in [0.25, 0.3) is 0 Å². The molecule has 2 aromatic carbocycles. The van der Waals surface area contributed by atoms with Crippen molar-refractivity contribution in [1.29, 1.82) is 0 Å². The van der Waals surface area contributed by atoms with Gasteiger partial charge in [-0.3, -0.25) is 0 Å². The van der Waals surface area contributed by atoms with Crippen molar-refractivity contribution in [1.82, 2.24) is 4.90 Å². The Kier molecular flexibility index (Phi) is 12.5. The number of hydrogen-bond donors (Lipinski definition) is 1. The van der Waals surface area contributed by atoms with Crippen molar-refractivity contribution in [2.24, 2.45) is 5.73 Å². The Balaban J connectivity index is 0.000000855. The maximum atomic E-state index is 6.34. The molecule has 2 N–H and O–H groups in total. The molecule has 0 radical (unpaired) electrons. The van der Waals surface area contributed by atoms with Crippen LogP contribution in [0, 0.1) is 0 Å². The molecule has 150 valence electrons. The summed E-state index contributed by atoms with van der Waals surface area (Å²) in [5, 5.41) is 0. The Morgan fingerprint density at radius 2 is 1.52 bits per heavy atom. The highest BCUT2D eigenvalue weighted by atomic mass is 15.1. The summed E-state index contributed by atoms with van der Waals surface area (Å²) in [7, 11) is 0. The van der Waals surface area contributed by atoms with Gasteiger partial charge in [-0.1, -0.05) is 88.4 Å². The van der Waals surface area contributed by atoms with E-state index >= 15 is 0 Å². The standard InChI is InChI=1S/C21H28N2.2C2H6/c22-21(16-18-8-3-1-4-9-18)13-15-23-14-7-12-20(17-23)19-10-5-2-6-11-19;2*1-2/h1-6,8-11,20-21H,7,12-17,22H2;2*1-2H3. The highest BCUT2D eigenvalue weighted by Crippen LogP contribution is 2.26. The summed E-state index contributed by atoms with van der Waals surface area (Å²) in [6, 6.07) is 21.8. The van der Waals surface area contributed by atoms with E-state index in [2.05, 4.69) is 65.6 Å². The fourth-order valence-electron chi connectivity index (χ4n) is 3.62. The van der Waals surface area contributed by atoms with Gasteiger partial charge in [0.1, 0.15) is 0 Å². The summed E-state index contributed by atoms with van der Waals surface area (Å²) < 4.78 is 0. The van der Waals surface area contributed by atoms with E-state index in [-0.39, 0.29) is 6.04 Å². The maximum Gasteiger partial charge on any atom is 0.00914 e. The van der Waals surface area contributed by atoms with Gasteiger partial charge in [0.05, 0.1) is 0 Å². The minimum Gasteiger partial charge on any atom is -0.327 e. The van der Waals surface area contributed by atoms with Crippen LogP contribution in [0.25, 0.3) is 0 Å². The average molecular weight is 369 g/mol. The van der Waals surface area contributed by atoms with Crippen LogP contribution in [0.2, 0.25) is 0 Å². The zero-order chi connectivity index (χ0) is 19.9. The normalized spacial score (nSPS) is 17.7. The molecule has 2 nitrogen and oxygen atoms in total. The molecule has 2 aromatic rings. The molecular weight excluding hydrogens is 328 g/mol. The monoisotopic (exact) mass is 368 g/mol. The Labute approximate surface area is 167 Å². The van der Waals surface area contributed by atoms with Crippen molar-refractivity contribution in [3.63, 3.8) is 0 Å². The lowest BCUT2D eigenvalue weighted by atomic mass is 9.90. The lowest BCUT2D eigenvalue weighted by Crippen LogP contribution is -2.37. The summed E-state index contributed by atoms with van der Waals surface area (Å²) in [6.07, 6.45) is 4.68. The second-order valence-electron chi connectivity index (χ2n) is 6.79. The number of hydrogen-bond acceptors (Lipinski definition) is 2. The zero-order valence-electron chi connectivity index (χ0n) is 17.9. The third-order valence-electron chi connectivity index (χ3n) is 4.93. The van der Waals surface area contributed by atoms with E-state index in [0.717, 1.165) is 19.4 Å². The first-order valence-corrected chi connectivity index (χ1v) is 10.9. The first-order valence-electron chi connectivity index (χ1n) is 10.9. The average Bonchev–Trinajstić information content (AvgIpc) is 2.77. The predicted molar refractivity (Wildman–Crippen MR) is 120 cm³/mol. The van der Waals surface area contributed by atoms with Gasteiger partial charge in [-0.15, -0.1) is 0 Å². The van der Waals surface area contributed by atoms with Crippen LogP contribution in [0.1, 0.15) is 64.0 Å². The fraction of sp³-hybridized carbons (Fsp3) is 0.520. The number of nitrogens with two attached hydrogens (primary N) is 1.